The van der Waals surface area contributed by atoms with E-state index < -0.39 is 30.4 Å². The minimum absolute atomic E-state index is 0.00499. The minimum Gasteiger partial charge on any atom is -0.508 e. The zero-order chi connectivity index (χ0) is 27.8. The van der Waals surface area contributed by atoms with Gasteiger partial charge in [0.05, 0.1) is 10.6 Å². The van der Waals surface area contributed by atoms with Gasteiger partial charge in [0.15, 0.2) is 6.61 Å². The Morgan fingerprint density at radius 1 is 1.10 bits per heavy atom. The van der Waals surface area contributed by atoms with Crippen molar-refractivity contribution in [2.75, 3.05) is 36.6 Å². The number of carbonyl (C=O) groups excluding carboxylic acids is 2. The Hall–Kier alpha value is -3.83. The van der Waals surface area contributed by atoms with Gasteiger partial charge in [-0.2, -0.15) is 0 Å². The lowest BCUT2D eigenvalue weighted by molar-refractivity contribution is -0.138. The summed E-state index contributed by atoms with van der Waals surface area (Å²) in [5, 5.41) is 23.4. The highest BCUT2D eigenvalue weighted by Gasteiger charge is 2.25. The number of carboxylic acid groups (broad SMARTS) is 1. The number of carboxylic acids is 1. The van der Waals surface area contributed by atoms with E-state index >= 15 is 0 Å². The molecule has 1 aliphatic heterocycles. The average molecular weight is 568 g/mol. The lowest BCUT2D eigenvalue weighted by Gasteiger charge is -2.26. The Morgan fingerprint density at radius 3 is 2.54 bits per heavy atom. The van der Waals surface area contributed by atoms with Crippen molar-refractivity contribution in [2.45, 2.75) is 22.3 Å². The first-order chi connectivity index (χ1) is 18.9. The number of nitrogens with one attached hydrogen (secondary N) is 2. The number of amides is 2. The molecule has 4 rings (SSSR count). The predicted molar refractivity (Wildman–Crippen MR) is 152 cm³/mol. The number of hydrogen-bond donors (Lipinski definition) is 4. The topological polar surface area (TPSA) is 128 Å². The molecule has 0 fully saturated rings. The van der Waals surface area contributed by atoms with E-state index in [1.807, 2.05) is 30.5 Å². The van der Waals surface area contributed by atoms with E-state index in [9.17, 15) is 19.5 Å². The molecule has 9 nitrogen and oxygen atoms in total. The van der Waals surface area contributed by atoms with E-state index in [4.69, 9.17) is 9.84 Å². The maximum Gasteiger partial charge on any atom is 0.322 e. The first-order valence-corrected chi connectivity index (χ1v) is 14.4. The molecule has 0 saturated heterocycles. The van der Waals surface area contributed by atoms with Gasteiger partial charge in [0.1, 0.15) is 24.1 Å². The van der Waals surface area contributed by atoms with Crippen molar-refractivity contribution in [3.63, 3.8) is 0 Å². The highest BCUT2D eigenvalue weighted by atomic mass is 32.2. The summed E-state index contributed by atoms with van der Waals surface area (Å²) >= 11 is 3.26. The standard InChI is InChI=1S/C28H29N3O6S2/c1-38-24-14-21-23(39-13-5-12-31(21)19-6-3-2-4-7-19)15-22(24)37-17-25(33)30-27(28(36)29-16-26(34)35)18-8-10-20(32)11-9-18/h2-4,6-11,14-15,27,32H,5,12-13,16-17H2,1H3,(H,29,36)(H,30,33)(H,34,35)/t27-/m1/s1. The van der Waals surface area contributed by atoms with E-state index in [0.29, 0.717) is 11.3 Å². The molecular weight excluding hydrogens is 538 g/mol. The quantitative estimate of drug-likeness (QED) is 0.267. The van der Waals surface area contributed by atoms with Crippen molar-refractivity contribution >= 4 is 52.7 Å². The summed E-state index contributed by atoms with van der Waals surface area (Å²) in [5.74, 6) is -0.944. The molecule has 1 aliphatic rings. The van der Waals surface area contributed by atoms with Crippen molar-refractivity contribution in [1.82, 2.24) is 10.6 Å². The molecular formula is C28H29N3O6S2. The third-order valence-electron chi connectivity index (χ3n) is 5.95. The number of anilines is 2. The van der Waals surface area contributed by atoms with Gasteiger partial charge in [-0.15, -0.1) is 23.5 Å². The smallest absolute Gasteiger partial charge is 0.322 e. The highest BCUT2D eigenvalue weighted by Crippen LogP contribution is 2.44. The monoisotopic (exact) mass is 567 g/mol. The van der Waals surface area contributed by atoms with Gasteiger partial charge in [0.25, 0.3) is 5.91 Å². The fourth-order valence-corrected chi connectivity index (χ4v) is 5.66. The molecule has 0 radical (unpaired) electrons. The molecule has 2 amide bonds. The van der Waals surface area contributed by atoms with Crippen LogP contribution in [0.25, 0.3) is 0 Å². The molecule has 11 heteroatoms. The number of hydrogen-bond acceptors (Lipinski definition) is 8. The van der Waals surface area contributed by atoms with Gasteiger partial charge >= 0.3 is 5.97 Å². The number of carbonyl (C=O) groups is 3. The van der Waals surface area contributed by atoms with E-state index in [1.165, 1.54) is 36.0 Å². The number of aliphatic carboxylic acids is 1. The van der Waals surface area contributed by atoms with Crippen LogP contribution in [-0.4, -0.2) is 59.7 Å². The summed E-state index contributed by atoms with van der Waals surface area (Å²) in [6, 6.07) is 18.8. The Morgan fingerprint density at radius 2 is 1.85 bits per heavy atom. The number of ether oxygens (including phenoxy) is 1. The number of phenols is 1. The van der Waals surface area contributed by atoms with Gasteiger partial charge in [-0.1, -0.05) is 30.3 Å². The van der Waals surface area contributed by atoms with Gasteiger partial charge in [-0.05, 0) is 60.4 Å². The molecule has 4 N–H and O–H groups in total. The molecule has 39 heavy (non-hydrogen) atoms. The number of phenolic OH excluding ortho intramolecular Hbond substituents is 1. The number of para-hydroxylation sites is 1. The molecule has 3 aromatic carbocycles. The molecule has 1 atom stereocenters. The Kier molecular flexibility index (Phi) is 9.61. The molecule has 0 spiro atoms. The first-order valence-electron chi connectivity index (χ1n) is 12.2. The summed E-state index contributed by atoms with van der Waals surface area (Å²) < 4.78 is 5.94. The largest absolute Gasteiger partial charge is 0.508 e. The fraction of sp³-hybridized carbons (Fsp3) is 0.250. The van der Waals surface area contributed by atoms with Crippen molar-refractivity contribution < 1.29 is 29.3 Å². The number of nitrogens with zero attached hydrogens (tertiary/aromatic N) is 1. The van der Waals surface area contributed by atoms with Crippen LogP contribution < -0.4 is 20.3 Å². The minimum atomic E-state index is -1.21. The summed E-state index contributed by atoms with van der Waals surface area (Å²) in [7, 11) is 0. The van der Waals surface area contributed by atoms with E-state index in [1.54, 1.807) is 11.8 Å². The predicted octanol–water partition coefficient (Wildman–Crippen LogP) is 4.19. The van der Waals surface area contributed by atoms with Crippen LogP contribution in [0.5, 0.6) is 11.5 Å². The zero-order valence-electron chi connectivity index (χ0n) is 21.3. The van der Waals surface area contributed by atoms with Crippen molar-refractivity contribution in [3.05, 3.63) is 72.3 Å². The molecule has 0 aromatic heterocycles. The van der Waals surface area contributed by atoms with Crippen LogP contribution >= 0.6 is 23.5 Å². The maximum absolute atomic E-state index is 12.9. The third-order valence-corrected chi connectivity index (χ3v) is 7.84. The average Bonchev–Trinajstić information content (AvgIpc) is 3.15. The molecule has 0 unspecified atom stereocenters. The second kappa shape index (κ2) is 13.3. The Labute approximate surface area is 234 Å². The highest BCUT2D eigenvalue weighted by molar-refractivity contribution is 7.99. The number of benzene rings is 3. The Bertz CT molecular complexity index is 1320. The van der Waals surface area contributed by atoms with E-state index in [-0.39, 0.29) is 12.4 Å². The normalized spacial score (nSPS) is 13.5. The number of thioether (sulfide) groups is 2. The van der Waals surface area contributed by atoms with Crippen LogP contribution in [0.4, 0.5) is 11.4 Å². The zero-order valence-corrected chi connectivity index (χ0v) is 22.9. The van der Waals surface area contributed by atoms with Gasteiger partial charge in [0, 0.05) is 17.1 Å². The van der Waals surface area contributed by atoms with Gasteiger partial charge in [-0.3, -0.25) is 14.4 Å². The summed E-state index contributed by atoms with van der Waals surface area (Å²) in [5.41, 5.74) is 2.59. The number of rotatable bonds is 10. The fourth-order valence-electron chi connectivity index (χ4n) is 4.11. The van der Waals surface area contributed by atoms with Crippen molar-refractivity contribution in [1.29, 1.82) is 0 Å². The summed E-state index contributed by atoms with van der Waals surface area (Å²) in [6.07, 6.45) is 2.96. The second-order valence-corrected chi connectivity index (χ2v) is 10.6. The number of fused-ring (bicyclic) bond motifs is 1. The van der Waals surface area contributed by atoms with Crippen LogP contribution in [0.1, 0.15) is 18.0 Å². The first kappa shape index (κ1) is 28.2. The molecule has 204 valence electrons. The lowest BCUT2D eigenvalue weighted by atomic mass is 10.1. The molecule has 3 aromatic rings. The summed E-state index contributed by atoms with van der Waals surface area (Å²) in [6.45, 7) is -0.0487. The van der Waals surface area contributed by atoms with E-state index in [0.717, 1.165) is 39.9 Å². The van der Waals surface area contributed by atoms with Crippen LogP contribution in [-0.2, 0) is 14.4 Å². The van der Waals surface area contributed by atoms with Crippen LogP contribution in [0.15, 0.2) is 76.5 Å². The summed E-state index contributed by atoms with van der Waals surface area (Å²) in [4.78, 5) is 40.7. The van der Waals surface area contributed by atoms with Crippen LogP contribution in [0.2, 0.25) is 0 Å². The van der Waals surface area contributed by atoms with Crippen LogP contribution in [0.3, 0.4) is 0 Å². The number of aromatic hydroxyl groups is 1. The molecule has 0 aliphatic carbocycles. The molecule has 0 saturated carbocycles. The SMILES string of the molecule is CSc1cc2c(cc1OCC(=O)N[C@@H](C(=O)NCC(=O)O)c1ccc(O)cc1)SCCCN2c1ccccc1. The Balaban J connectivity index is 1.51. The second-order valence-electron chi connectivity index (χ2n) is 8.65. The lowest BCUT2D eigenvalue weighted by Crippen LogP contribution is -2.43. The maximum atomic E-state index is 12.9. The van der Waals surface area contributed by atoms with Crippen molar-refractivity contribution in [2.24, 2.45) is 0 Å². The van der Waals surface area contributed by atoms with Crippen molar-refractivity contribution in [3.8, 4) is 11.5 Å². The van der Waals surface area contributed by atoms with E-state index in [2.05, 4.69) is 33.7 Å². The third kappa shape index (κ3) is 7.39. The molecule has 0 bridgehead atoms. The van der Waals surface area contributed by atoms with Crippen LogP contribution in [0, 0.1) is 0 Å². The van der Waals surface area contributed by atoms with Gasteiger partial charge in [0.2, 0.25) is 5.91 Å². The molecule has 1 heterocycles. The van der Waals surface area contributed by atoms with Gasteiger partial charge in [-0.25, -0.2) is 0 Å². The van der Waals surface area contributed by atoms with Gasteiger partial charge < -0.3 is 30.5 Å².